The van der Waals surface area contributed by atoms with E-state index in [9.17, 15) is 0 Å². The number of para-hydroxylation sites is 1. The number of likely N-dealkylation sites (N-methyl/N-ethyl adjacent to an activating group) is 1. The monoisotopic (exact) mass is 497 g/mol. The van der Waals surface area contributed by atoms with Gasteiger partial charge in [-0.15, -0.1) is 0 Å². The summed E-state index contributed by atoms with van der Waals surface area (Å²) >= 11 is 0. The van der Waals surface area contributed by atoms with Crippen LogP contribution in [0.25, 0.3) is 10.8 Å². The lowest BCUT2D eigenvalue weighted by Gasteiger charge is -2.35. The number of fused-ring (bicyclic) bond motifs is 2. The molecule has 192 valence electrons. The van der Waals surface area contributed by atoms with Crippen LogP contribution in [0, 0.1) is 13.8 Å². The van der Waals surface area contributed by atoms with Crippen LogP contribution in [0.15, 0.2) is 121 Å². The summed E-state index contributed by atoms with van der Waals surface area (Å²) < 4.78 is 0. The molecule has 1 atom stereocenters. The van der Waals surface area contributed by atoms with E-state index in [0.717, 1.165) is 12.0 Å². The highest BCUT2D eigenvalue weighted by molar-refractivity contribution is 5.88. The molecule has 1 aliphatic rings. The number of hydrogen-bond acceptors (Lipinski definition) is 1. The molecule has 0 spiro atoms. The molecule has 0 amide bonds. The number of anilines is 1. The summed E-state index contributed by atoms with van der Waals surface area (Å²) in [6.45, 7) is 16.2. The fraction of sp³-hybridized carbons (Fsp3) is 0.243. The van der Waals surface area contributed by atoms with E-state index in [1.54, 1.807) is 0 Å². The maximum atomic E-state index is 4.71. The molecule has 0 N–H and O–H groups in total. The van der Waals surface area contributed by atoms with E-state index >= 15 is 0 Å². The van der Waals surface area contributed by atoms with Crippen LogP contribution < -0.4 is 4.90 Å². The minimum absolute atomic E-state index is 0.0479. The van der Waals surface area contributed by atoms with Crippen molar-refractivity contribution in [1.29, 1.82) is 0 Å². The quantitative estimate of drug-likeness (QED) is 0.240. The highest BCUT2D eigenvalue weighted by Gasteiger charge is 2.38. The third kappa shape index (κ3) is 4.31. The molecule has 1 nitrogen and oxygen atoms in total. The lowest BCUT2D eigenvalue weighted by molar-refractivity contribution is 0.567. The van der Waals surface area contributed by atoms with Crippen LogP contribution >= 0.6 is 0 Å². The average Bonchev–Trinajstić information content (AvgIpc) is 3.10. The SMILES string of the molecule is C=C(/C=C/C=C1/N(C)c2ccccc2C1(C)C)C(C)(Cc1ccccc1C)c1c(C)ccc2ccccc12. The molecule has 1 unspecified atom stereocenters. The molecule has 1 heteroatoms. The fourth-order valence-corrected chi connectivity index (χ4v) is 6.41. The zero-order valence-electron chi connectivity index (χ0n) is 23.7. The molecular formula is C37H39N. The molecule has 0 radical (unpaired) electrons. The Morgan fingerprint density at radius 3 is 2.32 bits per heavy atom. The fourth-order valence-electron chi connectivity index (χ4n) is 6.41. The molecule has 4 aromatic rings. The van der Waals surface area contributed by atoms with Crippen LogP contribution in [0.3, 0.4) is 0 Å². The van der Waals surface area contributed by atoms with E-state index in [-0.39, 0.29) is 10.8 Å². The Bertz CT molecular complexity index is 1580. The van der Waals surface area contributed by atoms with Crippen molar-refractivity contribution in [1.82, 2.24) is 0 Å². The molecule has 4 aromatic carbocycles. The highest BCUT2D eigenvalue weighted by atomic mass is 15.2. The Labute approximate surface area is 228 Å². The third-order valence-corrected chi connectivity index (χ3v) is 8.70. The summed E-state index contributed by atoms with van der Waals surface area (Å²) in [5.74, 6) is 0. The molecule has 5 rings (SSSR count). The lowest BCUT2D eigenvalue weighted by atomic mass is 9.68. The van der Waals surface area contributed by atoms with Gasteiger partial charge in [0.1, 0.15) is 0 Å². The van der Waals surface area contributed by atoms with Gasteiger partial charge in [-0.2, -0.15) is 0 Å². The van der Waals surface area contributed by atoms with Gasteiger partial charge >= 0.3 is 0 Å². The van der Waals surface area contributed by atoms with Crippen molar-refractivity contribution in [2.75, 3.05) is 11.9 Å². The molecule has 1 aliphatic heterocycles. The maximum absolute atomic E-state index is 4.71. The van der Waals surface area contributed by atoms with Crippen LogP contribution in [-0.2, 0) is 17.3 Å². The molecule has 0 bridgehead atoms. The predicted octanol–water partition coefficient (Wildman–Crippen LogP) is 9.38. The first kappa shape index (κ1) is 25.8. The van der Waals surface area contributed by atoms with Crippen molar-refractivity contribution in [3.05, 3.63) is 149 Å². The number of benzene rings is 4. The van der Waals surface area contributed by atoms with Crippen molar-refractivity contribution in [2.45, 2.75) is 51.9 Å². The van der Waals surface area contributed by atoms with Gasteiger partial charge in [-0.3, -0.25) is 0 Å². The van der Waals surface area contributed by atoms with Gasteiger partial charge in [0.05, 0.1) is 0 Å². The highest BCUT2D eigenvalue weighted by Crippen LogP contribution is 2.47. The second kappa shape index (κ2) is 9.80. The first-order valence-corrected chi connectivity index (χ1v) is 13.6. The van der Waals surface area contributed by atoms with Crippen molar-refractivity contribution in [3.8, 4) is 0 Å². The number of nitrogens with zero attached hydrogens (tertiary/aromatic N) is 1. The van der Waals surface area contributed by atoms with E-state index in [4.69, 9.17) is 6.58 Å². The van der Waals surface area contributed by atoms with E-state index < -0.39 is 0 Å². The molecule has 0 fully saturated rings. The van der Waals surface area contributed by atoms with Gasteiger partial charge in [0.2, 0.25) is 0 Å². The minimum atomic E-state index is -0.272. The molecule has 0 saturated heterocycles. The number of aryl methyl sites for hydroxylation is 2. The van der Waals surface area contributed by atoms with Crippen molar-refractivity contribution >= 4 is 16.5 Å². The van der Waals surface area contributed by atoms with Crippen LogP contribution in [-0.4, -0.2) is 7.05 Å². The van der Waals surface area contributed by atoms with Crippen LogP contribution in [0.4, 0.5) is 5.69 Å². The van der Waals surface area contributed by atoms with E-state index in [0.29, 0.717) is 0 Å². The number of hydrogen-bond donors (Lipinski definition) is 0. The van der Waals surface area contributed by atoms with E-state index in [1.165, 1.54) is 50.0 Å². The van der Waals surface area contributed by atoms with Crippen molar-refractivity contribution in [2.24, 2.45) is 0 Å². The van der Waals surface area contributed by atoms with Gasteiger partial charge in [-0.05, 0) is 76.6 Å². The summed E-state index contributed by atoms with van der Waals surface area (Å²) in [7, 11) is 2.17. The smallest absolute Gasteiger partial charge is 0.0447 e. The zero-order chi connectivity index (χ0) is 27.1. The maximum Gasteiger partial charge on any atom is 0.0447 e. The predicted molar refractivity (Wildman–Crippen MR) is 165 cm³/mol. The van der Waals surface area contributed by atoms with Gasteiger partial charge in [0.15, 0.2) is 0 Å². The molecule has 1 heterocycles. The molecule has 0 aliphatic carbocycles. The van der Waals surface area contributed by atoms with Gasteiger partial charge in [0.25, 0.3) is 0 Å². The Morgan fingerprint density at radius 1 is 0.868 bits per heavy atom. The Kier molecular flexibility index (Phi) is 6.65. The van der Waals surface area contributed by atoms with Crippen molar-refractivity contribution in [3.63, 3.8) is 0 Å². The lowest BCUT2D eigenvalue weighted by Crippen LogP contribution is -2.28. The zero-order valence-corrected chi connectivity index (χ0v) is 23.7. The Morgan fingerprint density at radius 2 is 1.55 bits per heavy atom. The van der Waals surface area contributed by atoms with Crippen LogP contribution in [0.5, 0.6) is 0 Å². The molecule has 38 heavy (non-hydrogen) atoms. The number of rotatable bonds is 6. The summed E-state index contributed by atoms with van der Waals surface area (Å²) in [6, 6.07) is 30.7. The first-order chi connectivity index (χ1) is 18.1. The van der Waals surface area contributed by atoms with Crippen molar-refractivity contribution < 1.29 is 0 Å². The van der Waals surface area contributed by atoms with Crippen LogP contribution in [0.1, 0.15) is 48.6 Å². The summed E-state index contributed by atoms with van der Waals surface area (Å²) in [4.78, 5) is 2.32. The van der Waals surface area contributed by atoms with Gasteiger partial charge in [-0.25, -0.2) is 0 Å². The minimum Gasteiger partial charge on any atom is -0.347 e. The average molecular weight is 498 g/mol. The molecular weight excluding hydrogens is 458 g/mol. The third-order valence-electron chi connectivity index (χ3n) is 8.70. The first-order valence-electron chi connectivity index (χ1n) is 13.6. The van der Waals surface area contributed by atoms with Gasteiger partial charge in [0, 0.05) is 29.3 Å². The largest absolute Gasteiger partial charge is 0.347 e. The standard InChI is InChI=1S/C37H39N/c1-26-15-8-9-18-30(26)25-37(6,35-27(2)23-24-29-17-10-11-19-31(29)35)28(3)16-14-22-34-36(4,5)32-20-12-13-21-33(32)38(34)7/h8-24H,3,25H2,1-2,4-7H3/b16-14+,34-22+. The van der Waals surface area contributed by atoms with E-state index in [2.05, 4.69) is 150 Å². The summed E-state index contributed by atoms with van der Waals surface area (Å²) in [5.41, 5.74) is 10.1. The molecule has 0 saturated carbocycles. The normalized spacial score (nSPS) is 17.2. The van der Waals surface area contributed by atoms with E-state index in [1.807, 2.05) is 0 Å². The second-order valence-electron chi connectivity index (χ2n) is 11.6. The van der Waals surface area contributed by atoms with Gasteiger partial charge < -0.3 is 4.90 Å². The number of allylic oxidation sites excluding steroid dienone is 5. The second-order valence-corrected chi connectivity index (χ2v) is 11.6. The summed E-state index contributed by atoms with van der Waals surface area (Å²) in [6.07, 6.45) is 7.61. The van der Waals surface area contributed by atoms with Gasteiger partial charge in [-0.1, -0.05) is 118 Å². The Balaban J connectivity index is 1.59. The topological polar surface area (TPSA) is 3.24 Å². The molecule has 0 aromatic heterocycles. The Hall–Kier alpha value is -3.84. The van der Waals surface area contributed by atoms with Crippen LogP contribution in [0.2, 0.25) is 0 Å². The summed E-state index contributed by atoms with van der Waals surface area (Å²) in [5, 5.41) is 2.58.